The highest BCUT2D eigenvalue weighted by atomic mass is 16.5. The number of nitrogens with one attached hydrogen (secondary N) is 1. The molecule has 0 saturated heterocycles. The minimum atomic E-state index is -0.155. The number of hydrogen-bond acceptors (Lipinski definition) is 3. The minimum absolute atomic E-state index is 0.0783. The van der Waals surface area contributed by atoms with Crippen LogP contribution >= 0.6 is 0 Å². The lowest BCUT2D eigenvalue weighted by molar-refractivity contribution is -0.130. The Morgan fingerprint density at radius 2 is 1.78 bits per heavy atom. The van der Waals surface area contributed by atoms with Crippen molar-refractivity contribution in [2.24, 2.45) is 0 Å². The Kier molecular flexibility index (Phi) is 5.31. The Morgan fingerprint density at radius 3 is 2.41 bits per heavy atom. The molecule has 0 atom stereocenters. The summed E-state index contributed by atoms with van der Waals surface area (Å²) in [6, 6.07) is 13.5. The normalized spacial score (nSPS) is 10.8. The average molecular weight is 364 g/mol. The van der Waals surface area contributed by atoms with Crippen LogP contribution in [0.15, 0.2) is 47.3 Å². The molecule has 0 bridgehead atoms. The molecule has 5 nitrogen and oxygen atoms in total. The van der Waals surface area contributed by atoms with Crippen LogP contribution in [0.4, 0.5) is 0 Å². The summed E-state index contributed by atoms with van der Waals surface area (Å²) in [4.78, 5) is 29.4. The lowest BCUT2D eigenvalue weighted by Crippen LogP contribution is -2.30. The molecule has 3 aromatic rings. The number of carbonyl (C=O) groups excluding carboxylic acids is 1. The van der Waals surface area contributed by atoms with Gasteiger partial charge in [-0.2, -0.15) is 0 Å². The third-order valence-corrected chi connectivity index (χ3v) is 4.97. The van der Waals surface area contributed by atoms with Gasteiger partial charge in [-0.3, -0.25) is 9.59 Å². The van der Waals surface area contributed by atoms with Gasteiger partial charge in [-0.1, -0.05) is 24.3 Å². The number of fused-ring (bicyclic) bond motifs is 1. The molecule has 1 amide bonds. The summed E-state index contributed by atoms with van der Waals surface area (Å²) in [5, 5.41) is 0.973. The molecule has 5 heteroatoms. The van der Waals surface area contributed by atoms with Gasteiger partial charge < -0.3 is 14.6 Å². The molecule has 0 fully saturated rings. The van der Waals surface area contributed by atoms with E-state index in [0.717, 1.165) is 33.3 Å². The predicted molar refractivity (Wildman–Crippen MR) is 107 cm³/mol. The number of H-pyrrole nitrogens is 1. The smallest absolute Gasteiger partial charge is 0.253 e. The van der Waals surface area contributed by atoms with Gasteiger partial charge in [0.25, 0.3) is 5.56 Å². The van der Waals surface area contributed by atoms with Crippen molar-refractivity contribution < 1.29 is 9.53 Å². The fraction of sp³-hybridized carbons (Fsp3) is 0.273. The summed E-state index contributed by atoms with van der Waals surface area (Å²) < 4.78 is 5.17. The number of benzene rings is 2. The van der Waals surface area contributed by atoms with Crippen molar-refractivity contribution in [3.05, 3.63) is 75.1 Å². The van der Waals surface area contributed by atoms with Crippen molar-refractivity contribution >= 4 is 16.8 Å². The Bertz CT molecular complexity index is 1040. The van der Waals surface area contributed by atoms with Crippen molar-refractivity contribution in [1.29, 1.82) is 0 Å². The van der Waals surface area contributed by atoms with E-state index < -0.39 is 0 Å². The first kappa shape index (κ1) is 18.7. The van der Waals surface area contributed by atoms with E-state index in [0.29, 0.717) is 12.1 Å². The first-order valence-corrected chi connectivity index (χ1v) is 8.89. The molecule has 140 valence electrons. The monoisotopic (exact) mass is 364 g/mol. The fourth-order valence-electron chi connectivity index (χ4n) is 3.12. The molecular formula is C22H24N2O3. The Hall–Kier alpha value is -3.08. The molecule has 1 N–H and O–H groups in total. The molecule has 0 aliphatic heterocycles. The SMILES string of the molecule is COc1ccc(CN(Cc2cc3ccc(C)c(C)c3[nH]c2=O)C(C)=O)cc1. The fourth-order valence-corrected chi connectivity index (χ4v) is 3.12. The molecule has 0 spiro atoms. The highest BCUT2D eigenvalue weighted by Crippen LogP contribution is 2.20. The second-order valence-electron chi connectivity index (χ2n) is 6.82. The van der Waals surface area contributed by atoms with Crippen molar-refractivity contribution in [1.82, 2.24) is 9.88 Å². The molecule has 0 saturated carbocycles. The number of rotatable bonds is 5. The van der Waals surface area contributed by atoms with E-state index in [1.54, 1.807) is 12.0 Å². The van der Waals surface area contributed by atoms with Gasteiger partial charge in [-0.25, -0.2) is 0 Å². The molecule has 0 aliphatic carbocycles. The van der Waals surface area contributed by atoms with E-state index in [2.05, 4.69) is 4.98 Å². The van der Waals surface area contributed by atoms with Crippen LogP contribution in [0, 0.1) is 13.8 Å². The van der Waals surface area contributed by atoms with E-state index in [4.69, 9.17) is 4.74 Å². The highest BCUT2D eigenvalue weighted by Gasteiger charge is 2.14. The minimum Gasteiger partial charge on any atom is -0.497 e. The van der Waals surface area contributed by atoms with Gasteiger partial charge in [-0.15, -0.1) is 0 Å². The molecule has 27 heavy (non-hydrogen) atoms. The first-order valence-electron chi connectivity index (χ1n) is 8.89. The van der Waals surface area contributed by atoms with Gasteiger partial charge in [-0.05, 0) is 54.1 Å². The summed E-state index contributed by atoms with van der Waals surface area (Å²) in [6.07, 6.45) is 0. The zero-order valence-electron chi connectivity index (χ0n) is 16.1. The van der Waals surface area contributed by atoms with E-state index in [9.17, 15) is 9.59 Å². The summed E-state index contributed by atoms with van der Waals surface area (Å²) in [6.45, 7) is 6.24. The van der Waals surface area contributed by atoms with Gasteiger partial charge in [0.1, 0.15) is 5.75 Å². The van der Waals surface area contributed by atoms with Crippen LogP contribution in [0.25, 0.3) is 10.9 Å². The zero-order valence-corrected chi connectivity index (χ0v) is 16.1. The third-order valence-electron chi connectivity index (χ3n) is 4.97. The van der Waals surface area contributed by atoms with Crippen molar-refractivity contribution in [2.75, 3.05) is 7.11 Å². The number of pyridine rings is 1. The number of ether oxygens (including phenoxy) is 1. The van der Waals surface area contributed by atoms with Crippen molar-refractivity contribution in [3.8, 4) is 5.75 Å². The summed E-state index contributed by atoms with van der Waals surface area (Å²) in [5.41, 5.74) is 4.46. The van der Waals surface area contributed by atoms with E-state index in [1.165, 1.54) is 6.92 Å². The molecule has 0 unspecified atom stereocenters. The van der Waals surface area contributed by atoms with Gasteiger partial charge in [0.05, 0.1) is 19.2 Å². The number of amides is 1. The van der Waals surface area contributed by atoms with Crippen LogP contribution in [0.1, 0.15) is 29.2 Å². The number of nitrogens with zero attached hydrogens (tertiary/aromatic N) is 1. The van der Waals surface area contributed by atoms with Gasteiger partial charge in [0.2, 0.25) is 5.91 Å². The maximum atomic E-state index is 12.6. The number of hydrogen-bond donors (Lipinski definition) is 1. The van der Waals surface area contributed by atoms with Gasteiger partial charge in [0, 0.05) is 19.0 Å². The van der Waals surface area contributed by atoms with Gasteiger partial charge >= 0.3 is 0 Å². The van der Waals surface area contributed by atoms with E-state index >= 15 is 0 Å². The number of carbonyl (C=O) groups is 1. The molecule has 2 aromatic carbocycles. The first-order chi connectivity index (χ1) is 12.9. The molecule has 3 rings (SSSR count). The largest absolute Gasteiger partial charge is 0.497 e. The molecular weight excluding hydrogens is 340 g/mol. The quantitative estimate of drug-likeness (QED) is 0.751. The highest BCUT2D eigenvalue weighted by molar-refractivity contribution is 5.83. The lowest BCUT2D eigenvalue weighted by atomic mass is 10.0. The molecule has 0 radical (unpaired) electrons. The van der Waals surface area contributed by atoms with Crippen LogP contribution in [0.2, 0.25) is 0 Å². The van der Waals surface area contributed by atoms with Crippen molar-refractivity contribution in [2.45, 2.75) is 33.9 Å². The van der Waals surface area contributed by atoms with E-state index in [-0.39, 0.29) is 18.0 Å². The standard InChI is InChI=1S/C22H24N2O3/c1-14-5-8-18-11-19(22(26)23-21(18)15(14)2)13-24(16(3)25)12-17-6-9-20(27-4)10-7-17/h5-11H,12-13H2,1-4H3,(H,23,26). The second-order valence-corrected chi connectivity index (χ2v) is 6.82. The van der Waals surface area contributed by atoms with Crippen molar-refractivity contribution in [3.63, 3.8) is 0 Å². The summed E-state index contributed by atoms with van der Waals surface area (Å²) in [7, 11) is 1.62. The third kappa shape index (κ3) is 4.03. The molecule has 1 heterocycles. The van der Waals surface area contributed by atoms with Crippen LogP contribution in [-0.4, -0.2) is 22.9 Å². The maximum Gasteiger partial charge on any atom is 0.253 e. The molecule has 1 aromatic heterocycles. The Labute approximate surface area is 158 Å². The molecule has 0 aliphatic rings. The van der Waals surface area contributed by atoms with E-state index in [1.807, 2.05) is 56.3 Å². The summed E-state index contributed by atoms with van der Waals surface area (Å²) >= 11 is 0. The second kappa shape index (κ2) is 7.66. The van der Waals surface area contributed by atoms with Crippen LogP contribution in [0.5, 0.6) is 5.75 Å². The number of aromatic amines is 1. The Morgan fingerprint density at radius 1 is 1.07 bits per heavy atom. The van der Waals surface area contributed by atoms with Crippen LogP contribution in [0.3, 0.4) is 0 Å². The number of aryl methyl sites for hydroxylation is 2. The number of aromatic nitrogens is 1. The predicted octanol–water partition coefficient (Wildman–Crippen LogP) is 3.70. The number of methoxy groups -OCH3 is 1. The van der Waals surface area contributed by atoms with Crippen LogP contribution < -0.4 is 10.3 Å². The lowest BCUT2D eigenvalue weighted by Gasteiger charge is -2.21. The average Bonchev–Trinajstić information content (AvgIpc) is 2.66. The Balaban J connectivity index is 1.90. The maximum absolute atomic E-state index is 12.6. The van der Waals surface area contributed by atoms with Gasteiger partial charge in [0.15, 0.2) is 0 Å². The topological polar surface area (TPSA) is 62.4 Å². The zero-order chi connectivity index (χ0) is 19.6. The summed E-state index contributed by atoms with van der Waals surface area (Å²) in [5.74, 6) is 0.690. The van der Waals surface area contributed by atoms with Crippen LogP contribution in [-0.2, 0) is 17.9 Å².